The van der Waals surface area contributed by atoms with Crippen molar-refractivity contribution in [1.29, 1.82) is 0 Å². The van der Waals surface area contributed by atoms with Gasteiger partial charge < -0.3 is 9.80 Å². The van der Waals surface area contributed by atoms with Crippen LogP contribution in [-0.4, -0.2) is 41.0 Å². The van der Waals surface area contributed by atoms with Gasteiger partial charge in [0, 0.05) is 31.0 Å². The van der Waals surface area contributed by atoms with E-state index >= 15 is 0 Å². The Labute approximate surface area is 150 Å². The van der Waals surface area contributed by atoms with Crippen molar-refractivity contribution in [3.05, 3.63) is 59.9 Å². The lowest BCUT2D eigenvalue weighted by atomic mass is 9.83. The van der Waals surface area contributed by atoms with Crippen LogP contribution >= 0.6 is 0 Å². The number of fused-ring (bicyclic) bond motifs is 2. The van der Waals surface area contributed by atoms with E-state index in [2.05, 4.69) is 9.88 Å². The summed E-state index contributed by atoms with van der Waals surface area (Å²) in [5, 5.41) is 0. The number of benzene rings is 1. The molecule has 2 unspecified atom stereocenters. The molecule has 26 heavy (non-hydrogen) atoms. The van der Waals surface area contributed by atoms with Crippen molar-refractivity contribution in [2.24, 2.45) is 0 Å². The van der Waals surface area contributed by atoms with Gasteiger partial charge in [0.1, 0.15) is 5.82 Å². The average molecular weight is 355 g/mol. The highest BCUT2D eigenvalue weighted by Gasteiger charge is 2.58. The van der Waals surface area contributed by atoms with Crippen LogP contribution < -0.4 is 4.90 Å². The molecular weight excluding hydrogens is 336 g/mol. The first kappa shape index (κ1) is 15.7. The summed E-state index contributed by atoms with van der Waals surface area (Å²) in [5.41, 5.74) is 1.27. The normalized spacial score (nSPS) is 25.6. The van der Waals surface area contributed by atoms with E-state index in [9.17, 15) is 13.6 Å². The molecule has 3 aliphatic heterocycles. The van der Waals surface area contributed by atoms with E-state index in [1.165, 1.54) is 24.4 Å². The molecule has 0 N–H and O–H groups in total. The lowest BCUT2D eigenvalue weighted by Crippen LogP contribution is -2.71. The zero-order chi connectivity index (χ0) is 17.9. The van der Waals surface area contributed by atoms with Crippen molar-refractivity contribution >= 4 is 11.6 Å². The Morgan fingerprint density at radius 1 is 1.08 bits per heavy atom. The van der Waals surface area contributed by atoms with Gasteiger partial charge in [-0.05, 0) is 43.0 Å². The minimum Gasteiger partial charge on any atom is -0.367 e. The number of piperazine rings is 1. The summed E-state index contributed by atoms with van der Waals surface area (Å²) in [6.45, 7) is 1.43. The van der Waals surface area contributed by atoms with Gasteiger partial charge in [-0.2, -0.15) is 4.39 Å². The zero-order valence-corrected chi connectivity index (χ0v) is 14.2. The minimum atomic E-state index is -0.483. The molecule has 2 aromatic rings. The predicted molar refractivity (Wildman–Crippen MR) is 92.8 cm³/mol. The molecule has 0 radical (unpaired) electrons. The maximum Gasteiger partial charge on any atom is 0.233 e. The Bertz CT molecular complexity index is 854. The quantitative estimate of drug-likeness (QED) is 0.795. The van der Waals surface area contributed by atoms with Crippen molar-refractivity contribution < 1.29 is 13.6 Å². The monoisotopic (exact) mass is 355 g/mol. The highest BCUT2D eigenvalue weighted by atomic mass is 19.1. The van der Waals surface area contributed by atoms with E-state index in [4.69, 9.17) is 0 Å². The predicted octanol–water partition coefficient (Wildman–Crippen LogP) is 2.88. The van der Waals surface area contributed by atoms with E-state index in [0.717, 1.165) is 30.5 Å². The van der Waals surface area contributed by atoms with Crippen molar-refractivity contribution in [2.45, 2.75) is 36.8 Å². The Hall–Kier alpha value is -2.50. The topological polar surface area (TPSA) is 36.4 Å². The molecule has 1 aromatic heterocycles. The van der Waals surface area contributed by atoms with Crippen LogP contribution in [0.1, 0.15) is 24.8 Å². The van der Waals surface area contributed by atoms with Crippen LogP contribution in [0.5, 0.6) is 0 Å². The molecule has 1 aliphatic carbocycles. The second-order valence-corrected chi connectivity index (χ2v) is 7.59. The molecule has 1 aromatic carbocycles. The second kappa shape index (κ2) is 5.50. The van der Waals surface area contributed by atoms with Crippen molar-refractivity contribution in [3.8, 4) is 0 Å². The summed E-state index contributed by atoms with van der Waals surface area (Å²) >= 11 is 0. The average Bonchev–Trinajstić information content (AvgIpc) is 3.44. The molecule has 4 fully saturated rings. The van der Waals surface area contributed by atoms with E-state index in [0.29, 0.717) is 13.1 Å². The summed E-state index contributed by atoms with van der Waals surface area (Å²) < 4.78 is 26.6. The fourth-order valence-electron chi connectivity index (χ4n) is 4.51. The number of halogens is 2. The van der Waals surface area contributed by atoms with Gasteiger partial charge in [-0.25, -0.2) is 9.37 Å². The number of carbonyl (C=O) groups excluding carboxylic acids is 1. The summed E-state index contributed by atoms with van der Waals surface area (Å²) in [5.74, 6) is -0.591. The SMILES string of the molecule is O=C(N1C2CC1CN(c1ccnc(F)c1)C2)C1(c2ccc(F)cc2)CC1. The van der Waals surface area contributed by atoms with Crippen LogP contribution in [0.25, 0.3) is 0 Å². The first-order chi connectivity index (χ1) is 12.6. The van der Waals surface area contributed by atoms with Crippen LogP contribution in [-0.2, 0) is 10.2 Å². The molecule has 6 heteroatoms. The second-order valence-electron chi connectivity index (χ2n) is 7.59. The first-order valence-corrected chi connectivity index (χ1v) is 9.02. The van der Waals surface area contributed by atoms with E-state index < -0.39 is 11.4 Å². The van der Waals surface area contributed by atoms with Crippen LogP contribution in [0, 0.1) is 11.8 Å². The molecule has 6 rings (SSSR count). The third kappa shape index (κ3) is 2.31. The van der Waals surface area contributed by atoms with Gasteiger partial charge in [0.15, 0.2) is 0 Å². The molecule has 1 amide bonds. The van der Waals surface area contributed by atoms with Crippen molar-refractivity contribution in [3.63, 3.8) is 0 Å². The van der Waals surface area contributed by atoms with Crippen LogP contribution in [0.4, 0.5) is 14.5 Å². The molecule has 4 heterocycles. The highest BCUT2D eigenvalue weighted by molar-refractivity contribution is 5.92. The number of hydrogen-bond acceptors (Lipinski definition) is 3. The lowest BCUT2D eigenvalue weighted by Gasteiger charge is -2.57. The Balaban J connectivity index is 1.34. The number of hydrogen-bond donors (Lipinski definition) is 0. The number of amides is 1. The van der Waals surface area contributed by atoms with Gasteiger partial charge in [0.05, 0.1) is 17.5 Å². The molecule has 2 bridgehead atoms. The molecule has 4 aliphatic rings. The van der Waals surface area contributed by atoms with Gasteiger partial charge in [-0.3, -0.25) is 4.79 Å². The fourth-order valence-corrected chi connectivity index (χ4v) is 4.51. The Kier molecular flexibility index (Phi) is 3.33. The molecule has 1 saturated carbocycles. The summed E-state index contributed by atoms with van der Waals surface area (Å²) in [7, 11) is 0. The smallest absolute Gasteiger partial charge is 0.233 e. The molecule has 134 valence electrons. The highest BCUT2D eigenvalue weighted by Crippen LogP contribution is 2.52. The summed E-state index contributed by atoms with van der Waals surface area (Å²) in [6.07, 6.45) is 4.12. The number of nitrogens with zero attached hydrogens (tertiary/aromatic N) is 3. The molecule has 0 spiro atoms. The van der Waals surface area contributed by atoms with Gasteiger partial charge in [0.2, 0.25) is 11.9 Å². The van der Waals surface area contributed by atoms with Crippen molar-refractivity contribution in [1.82, 2.24) is 9.88 Å². The van der Waals surface area contributed by atoms with Gasteiger partial charge in [-0.15, -0.1) is 0 Å². The largest absolute Gasteiger partial charge is 0.367 e. The Morgan fingerprint density at radius 3 is 2.38 bits per heavy atom. The minimum absolute atomic E-state index is 0.162. The maximum absolute atomic E-state index is 13.4. The summed E-state index contributed by atoms with van der Waals surface area (Å²) in [4.78, 5) is 21.0. The van der Waals surface area contributed by atoms with Gasteiger partial charge >= 0.3 is 0 Å². The van der Waals surface area contributed by atoms with Crippen LogP contribution in [0.3, 0.4) is 0 Å². The molecule has 2 atom stereocenters. The fraction of sp³-hybridized carbons (Fsp3) is 0.400. The van der Waals surface area contributed by atoms with E-state index in [1.54, 1.807) is 18.2 Å². The molecule has 3 saturated heterocycles. The van der Waals surface area contributed by atoms with Gasteiger partial charge in [0.25, 0.3) is 0 Å². The molecule has 4 nitrogen and oxygen atoms in total. The third-order valence-electron chi connectivity index (χ3n) is 6.06. The number of anilines is 1. The molecular formula is C20H19F2N3O. The third-order valence-corrected chi connectivity index (χ3v) is 6.06. The number of pyridine rings is 1. The Morgan fingerprint density at radius 2 is 1.77 bits per heavy atom. The van der Waals surface area contributed by atoms with Crippen LogP contribution in [0.2, 0.25) is 0 Å². The standard InChI is InChI=1S/C20H19F2N3O/c21-14-3-1-13(2-4-14)20(6-7-20)19(26)25-16-9-17(25)12-24(11-16)15-5-8-23-18(22)10-15/h1-5,8,10,16-17H,6-7,9,11-12H2. The maximum atomic E-state index is 13.4. The van der Waals surface area contributed by atoms with E-state index in [1.807, 2.05) is 4.90 Å². The number of piperidine rings is 1. The first-order valence-electron chi connectivity index (χ1n) is 9.02. The van der Waals surface area contributed by atoms with E-state index in [-0.39, 0.29) is 23.8 Å². The zero-order valence-electron chi connectivity index (χ0n) is 14.2. The number of rotatable bonds is 3. The number of aromatic nitrogens is 1. The van der Waals surface area contributed by atoms with Crippen LogP contribution in [0.15, 0.2) is 42.6 Å². The van der Waals surface area contributed by atoms with Gasteiger partial charge in [-0.1, -0.05) is 12.1 Å². The van der Waals surface area contributed by atoms with Crippen molar-refractivity contribution in [2.75, 3.05) is 18.0 Å². The summed E-state index contributed by atoms with van der Waals surface area (Å²) in [6, 6.07) is 9.91. The number of carbonyl (C=O) groups is 1. The lowest BCUT2D eigenvalue weighted by molar-refractivity contribution is -0.149.